The Morgan fingerprint density at radius 2 is 1.53 bits per heavy atom. The molecule has 1 rings (SSSR count). The van der Waals surface area contributed by atoms with Crippen LogP contribution in [0.1, 0.15) is 58.8 Å². The van der Waals surface area contributed by atoms with Gasteiger partial charge in [-0.25, -0.2) is 9.97 Å². The average Bonchev–Trinajstić information content (AvgIpc) is 2.30. The van der Waals surface area contributed by atoms with Crippen LogP contribution in [0.25, 0.3) is 0 Å². The molecular weight excluding hydrogens is 236 g/mol. The summed E-state index contributed by atoms with van der Waals surface area (Å²) < 4.78 is 0. The zero-order chi connectivity index (χ0) is 14.8. The van der Waals surface area contributed by atoms with Crippen molar-refractivity contribution in [1.82, 2.24) is 9.97 Å². The summed E-state index contributed by atoms with van der Waals surface area (Å²) in [4.78, 5) is 9.23. The van der Waals surface area contributed by atoms with Crippen LogP contribution in [0.2, 0.25) is 0 Å². The molecule has 1 heterocycles. The van der Waals surface area contributed by atoms with Crippen molar-refractivity contribution in [3.63, 3.8) is 0 Å². The highest BCUT2D eigenvalue weighted by molar-refractivity contribution is 5.57. The molecule has 1 atom stereocenters. The fourth-order valence-electron chi connectivity index (χ4n) is 1.60. The Labute approximate surface area is 117 Å². The average molecular weight is 264 g/mol. The molecule has 108 valence electrons. The first-order chi connectivity index (χ1) is 8.66. The van der Waals surface area contributed by atoms with E-state index in [1.165, 1.54) is 0 Å². The SMILES string of the molecule is CNc1nc(C(C)C)nc(NC(C)C(C)(C)C)c1C. The van der Waals surface area contributed by atoms with Gasteiger partial charge in [0.25, 0.3) is 0 Å². The third kappa shape index (κ3) is 3.82. The lowest BCUT2D eigenvalue weighted by Crippen LogP contribution is -2.31. The van der Waals surface area contributed by atoms with Crippen molar-refractivity contribution in [2.24, 2.45) is 5.41 Å². The fourth-order valence-corrected chi connectivity index (χ4v) is 1.60. The van der Waals surface area contributed by atoms with E-state index in [0.29, 0.717) is 12.0 Å². The van der Waals surface area contributed by atoms with Gasteiger partial charge in [0.05, 0.1) is 0 Å². The van der Waals surface area contributed by atoms with E-state index >= 15 is 0 Å². The molecule has 19 heavy (non-hydrogen) atoms. The van der Waals surface area contributed by atoms with Crippen LogP contribution in [0.5, 0.6) is 0 Å². The van der Waals surface area contributed by atoms with E-state index in [4.69, 9.17) is 0 Å². The summed E-state index contributed by atoms with van der Waals surface area (Å²) in [6, 6.07) is 0.339. The summed E-state index contributed by atoms with van der Waals surface area (Å²) in [5.41, 5.74) is 1.26. The monoisotopic (exact) mass is 264 g/mol. The van der Waals surface area contributed by atoms with Gasteiger partial charge in [-0.15, -0.1) is 0 Å². The van der Waals surface area contributed by atoms with E-state index in [1.54, 1.807) is 0 Å². The standard InChI is InChI=1S/C15H28N4/c1-9(2)12-18-13(16-8)10(3)14(19-12)17-11(4)15(5,6)7/h9,11H,1-8H3,(H2,16,17,18,19). The Hall–Kier alpha value is -1.32. The van der Waals surface area contributed by atoms with Gasteiger partial charge in [0.15, 0.2) is 0 Å². The molecule has 0 aliphatic heterocycles. The molecule has 0 saturated carbocycles. The molecule has 0 bridgehead atoms. The smallest absolute Gasteiger partial charge is 0.135 e. The highest BCUT2D eigenvalue weighted by atomic mass is 15.1. The zero-order valence-electron chi connectivity index (χ0n) is 13.5. The third-order valence-electron chi connectivity index (χ3n) is 3.57. The van der Waals surface area contributed by atoms with Crippen LogP contribution >= 0.6 is 0 Å². The molecular formula is C15H28N4. The Morgan fingerprint density at radius 3 is 1.95 bits per heavy atom. The first-order valence-corrected chi connectivity index (χ1v) is 6.99. The lowest BCUT2D eigenvalue weighted by molar-refractivity contribution is 0.358. The summed E-state index contributed by atoms with van der Waals surface area (Å²) in [7, 11) is 1.90. The maximum atomic E-state index is 4.67. The molecule has 1 aromatic rings. The molecule has 0 aliphatic carbocycles. The Kier molecular flexibility index (Phi) is 4.77. The van der Waals surface area contributed by atoms with Crippen molar-refractivity contribution < 1.29 is 0 Å². The first kappa shape index (κ1) is 15.7. The fraction of sp³-hybridized carbons (Fsp3) is 0.733. The molecule has 0 fully saturated rings. The van der Waals surface area contributed by atoms with Gasteiger partial charge < -0.3 is 10.6 Å². The lowest BCUT2D eigenvalue weighted by Gasteiger charge is -2.29. The van der Waals surface area contributed by atoms with Gasteiger partial charge in [0.1, 0.15) is 17.5 Å². The molecule has 0 aliphatic rings. The maximum absolute atomic E-state index is 4.67. The van der Waals surface area contributed by atoms with E-state index in [-0.39, 0.29) is 5.41 Å². The van der Waals surface area contributed by atoms with Gasteiger partial charge in [-0.2, -0.15) is 0 Å². The largest absolute Gasteiger partial charge is 0.373 e. The van der Waals surface area contributed by atoms with Crippen molar-refractivity contribution in [2.45, 2.75) is 60.4 Å². The second kappa shape index (κ2) is 5.76. The van der Waals surface area contributed by atoms with Crippen LogP contribution in [0.15, 0.2) is 0 Å². The molecule has 0 saturated heterocycles. The van der Waals surface area contributed by atoms with Crippen LogP contribution < -0.4 is 10.6 Å². The number of nitrogens with zero attached hydrogens (tertiary/aromatic N) is 2. The molecule has 0 spiro atoms. The van der Waals surface area contributed by atoms with E-state index in [0.717, 1.165) is 23.0 Å². The topological polar surface area (TPSA) is 49.8 Å². The number of anilines is 2. The van der Waals surface area contributed by atoms with Crippen LogP contribution in [0.3, 0.4) is 0 Å². The highest BCUT2D eigenvalue weighted by Crippen LogP contribution is 2.27. The van der Waals surface area contributed by atoms with E-state index < -0.39 is 0 Å². The summed E-state index contributed by atoms with van der Waals surface area (Å²) in [5.74, 6) is 3.03. The van der Waals surface area contributed by atoms with E-state index in [2.05, 4.69) is 62.1 Å². The predicted octanol–water partition coefficient (Wildman–Crippen LogP) is 3.80. The second-order valence-corrected chi connectivity index (χ2v) is 6.54. The summed E-state index contributed by atoms with van der Waals surface area (Å²) in [5, 5.41) is 6.68. The van der Waals surface area contributed by atoms with Crippen LogP contribution in [-0.2, 0) is 0 Å². The Bertz CT molecular complexity index is 433. The summed E-state index contributed by atoms with van der Waals surface area (Å²) in [6.45, 7) is 15.1. The van der Waals surface area contributed by atoms with E-state index in [9.17, 15) is 0 Å². The normalized spacial score (nSPS) is 13.5. The van der Waals surface area contributed by atoms with Crippen LogP contribution in [0, 0.1) is 12.3 Å². The highest BCUT2D eigenvalue weighted by Gasteiger charge is 2.22. The van der Waals surface area contributed by atoms with Gasteiger partial charge in [0.2, 0.25) is 0 Å². The first-order valence-electron chi connectivity index (χ1n) is 6.99. The maximum Gasteiger partial charge on any atom is 0.135 e. The summed E-state index contributed by atoms with van der Waals surface area (Å²) in [6.07, 6.45) is 0. The molecule has 0 radical (unpaired) electrons. The molecule has 0 aromatic carbocycles. The number of nitrogens with one attached hydrogen (secondary N) is 2. The third-order valence-corrected chi connectivity index (χ3v) is 3.57. The minimum absolute atomic E-state index is 0.190. The summed E-state index contributed by atoms with van der Waals surface area (Å²) >= 11 is 0. The lowest BCUT2D eigenvalue weighted by atomic mass is 9.88. The van der Waals surface area contributed by atoms with Gasteiger partial charge in [-0.1, -0.05) is 34.6 Å². The second-order valence-electron chi connectivity index (χ2n) is 6.54. The van der Waals surface area contributed by atoms with Gasteiger partial charge in [-0.05, 0) is 19.3 Å². The number of hydrogen-bond acceptors (Lipinski definition) is 4. The van der Waals surface area contributed by atoms with Gasteiger partial charge in [-0.3, -0.25) is 0 Å². The van der Waals surface area contributed by atoms with Crippen molar-refractivity contribution in [1.29, 1.82) is 0 Å². The minimum Gasteiger partial charge on any atom is -0.373 e. The van der Waals surface area contributed by atoms with E-state index in [1.807, 2.05) is 14.0 Å². The molecule has 4 nitrogen and oxygen atoms in total. The van der Waals surface area contributed by atoms with Gasteiger partial charge in [0, 0.05) is 24.6 Å². The molecule has 1 unspecified atom stereocenters. The zero-order valence-corrected chi connectivity index (χ0v) is 13.5. The minimum atomic E-state index is 0.190. The van der Waals surface area contributed by atoms with Crippen molar-refractivity contribution in [2.75, 3.05) is 17.7 Å². The number of aromatic nitrogens is 2. The molecule has 0 amide bonds. The van der Waals surface area contributed by atoms with Crippen molar-refractivity contribution in [3.05, 3.63) is 11.4 Å². The molecule has 4 heteroatoms. The Balaban J connectivity index is 3.15. The van der Waals surface area contributed by atoms with Crippen molar-refractivity contribution in [3.8, 4) is 0 Å². The Morgan fingerprint density at radius 1 is 1.00 bits per heavy atom. The molecule has 2 N–H and O–H groups in total. The predicted molar refractivity (Wildman–Crippen MR) is 82.9 cm³/mol. The van der Waals surface area contributed by atoms with Crippen LogP contribution in [0.4, 0.5) is 11.6 Å². The van der Waals surface area contributed by atoms with Gasteiger partial charge >= 0.3 is 0 Å². The quantitative estimate of drug-likeness (QED) is 0.868. The van der Waals surface area contributed by atoms with Crippen molar-refractivity contribution >= 4 is 11.6 Å². The molecule has 1 aromatic heterocycles. The number of rotatable bonds is 4. The number of hydrogen-bond donors (Lipinski definition) is 2. The van der Waals surface area contributed by atoms with Crippen LogP contribution in [-0.4, -0.2) is 23.1 Å².